The fourth-order valence-electron chi connectivity index (χ4n) is 1.74. The highest BCUT2D eigenvalue weighted by atomic mass is 32.1. The summed E-state index contributed by atoms with van der Waals surface area (Å²) >= 11 is 1.63. The molecule has 1 unspecified atom stereocenters. The van der Waals surface area contributed by atoms with Crippen molar-refractivity contribution in [1.29, 1.82) is 0 Å². The zero-order chi connectivity index (χ0) is 13.1. The van der Waals surface area contributed by atoms with Crippen molar-refractivity contribution >= 4 is 32.4 Å². The molecule has 0 aliphatic heterocycles. The maximum atomic E-state index is 5.77. The first-order chi connectivity index (χ1) is 8.60. The fraction of sp³-hybridized carbons (Fsp3) is 0.462. The number of anilines is 2. The van der Waals surface area contributed by atoms with Gasteiger partial charge in [-0.05, 0) is 24.1 Å². The third-order valence-electron chi connectivity index (χ3n) is 2.87. The van der Waals surface area contributed by atoms with E-state index in [2.05, 4.69) is 24.1 Å². The summed E-state index contributed by atoms with van der Waals surface area (Å²) < 4.78 is 6.33. The summed E-state index contributed by atoms with van der Waals surface area (Å²) in [5, 5.41) is 4.35. The zero-order valence-electron chi connectivity index (χ0n) is 10.9. The molecule has 0 aliphatic rings. The van der Waals surface area contributed by atoms with Gasteiger partial charge in [0.2, 0.25) is 0 Å². The van der Waals surface area contributed by atoms with Crippen molar-refractivity contribution in [3.05, 3.63) is 18.2 Å². The summed E-state index contributed by atoms with van der Waals surface area (Å²) in [5.41, 5.74) is 7.52. The molecule has 0 saturated heterocycles. The van der Waals surface area contributed by atoms with E-state index in [1.54, 1.807) is 18.4 Å². The molecule has 1 atom stereocenters. The molecule has 1 aromatic heterocycles. The van der Waals surface area contributed by atoms with Crippen molar-refractivity contribution in [3.63, 3.8) is 0 Å². The van der Waals surface area contributed by atoms with Gasteiger partial charge >= 0.3 is 0 Å². The van der Waals surface area contributed by atoms with E-state index in [0.717, 1.165) is 21.0 Å². The van der Waals surface area contributed by atoms with Crippen molar-refractivity contribution in [2.24, 2.45) is 5.92 Å². The standard InChI is InChI=1S/C13H19N3OS/c1-8(2)11(7-17-3)16-13-15-10-5-4-9(14)6-12(10)18-13/h4-6,8,11H,7,14H2,1-3H3,(H,15,16). The molecule has 0 bridgehead atoms. The molecular weight excluding hydrogens is 246 g/mol. The minimum absolute atomic E-state index is 0.271. The van der Waals surface area contributed by atoms with Crippen LogP contribution in [0.3, 0.4) is 0 Å². The van der Waals surface area contributed by atoms with Gasteiger partial charge in [-0.3, -0.25) is 0 Å². The quantitative estimate of drug-likeness (QED) is 0.816. The van der Waals surface area contributed by atoms with Crippen molar-refractivity contribution in [3.8, 4) is 0 Å². The van der Waals surface area contributed by atoms with Crippen LogP contribution in [-0.4, -0.2) is 24.7 Å². The number of benzene rings is 1. The number of methoxy groups -OCH3 is 1. The number of nitrogens with one attached hydrogen (secondary N) is 1. The Morgan fingerprint density at radius 2 is 2.22 bits per heavy atom. The lowest BCUT2D eigenvalue weighted by atomic mass is 10.1. The lowest BCUT2D eigenvalue weighted by molar-refractivity contribution is 0.171. The van der Waals surface area contributed by atoms with Crippen molar-refractivity contribution in [1.82, 2.24) is 4.98 Å². The molecule has 0 radical (unpaired) electrons. The molecule has 0 aliphatic carbocycles. The van der Waals surface area contributed by atoms with Crippen molar-refractivity contribution in [2.75, 3.05) is 24.8 Å². The summed E-state index contributed by atoms with van der Waals surface area (Å²) in [6, 6.07) is 6.06. The molecule has 5 heteroatoms. The molecule has 2 aromatic rings. The topological polar surface area (TPSA) is 60.2 Å². The van der Waals surface area contributed by atoms with Gasteiger partial charge in [0.05, 0.1) is 22.9 Å². The van der Waals surface area contributed by atoms with Crippen LogP contribution in [0.15, 0.2) is 18.2 Å². The summed E-state index contributed by atoms with van der Waals surface area (Å²) in [5.74, 6) is 0.488. The number of hydrogen-bond acceptors (Lipinski definition) is 5. The molecule has 98 valence electrons. The number of nitrogen functional groups attached to an aromatic ring is 1. The van der Waals surface area contributed by atoms with Gasteiger partial charge in [0.25, 0.3) is 0 Å². The highest BCUT2D eigenvalue weighted by Gasteiger charge is 2.15. The number of fused-ring (bicyclic) bond motifs is 1. The van der Waals surface area contributed by atoms with Gasteiger partial charge in [-0.25, -0.2) is 4.98 Å². The molecule has 18 heavy (non-hydrogen) atoms. The van der Waals surface area contributed by atoms with E-state index >= 15 is 0 Å². The van der Waals surface area contributed by atoms with Crippen LogP contribution in [0.2, 0.25) is 0 Å². The molecule has 2 rings (SSSR count). The molecule has 4 nitrogen and oxygen atoms in total. The fourth-order valence-corrected chi connectivity index (χ4v) is 2.72. The smallest absolute Gasteiger partial charge is 0.184 e. The van der Waals surface area contributed by atoms with Gasteiger partial charge in [-0.1, -0.05) is 25.2 Å². The Bertz CT molecular complexity index is 524. The predicted molar refractivity (Wildman–Crippen MR) is 78.2 cm³/mol. The van der Waals surface area contributed by atoms with E-state index in [0.29, 0.717) is 12.5 Å². The summed E-state index contributed by atoms with van der Waals surface area (Å²) in [6.45, 7) is 5.01. The van der Waals surface area contributed by atoms with E-state index in [1.165, 1.54) is 0 Å². The minimum atomic E-state index is 0.271. The van der Waals surface area contributed by atoms with E-state index < -0.39 is 0 Å². The molecule has 0 saturated carbocycles. The van der Waals surface area contributed by atoms with Gasteiger partial charge < -0.3 is 15.8 Å². The largest absolute Gasteiger partial charge is 0.399 e. The van der Waals surface area contributed by atoms with Gasteiger partial charge in [0.15, 0.2) is 5.13 Å². The van der Waals surface area contributed by atoms with E-state index in [4.69, 9.17) is 10.5 Å². The Morgan fingerprint density at radius 3 is 2.89 bits per heavy atom. The van der Waals surface area contributed by atoms with Crippen LogP contribution in [-0.2, 0) is 4.74 Å². The third-order valence-corrected chi connectivity index (χ3v) is 3.82. The molecule has 0 amide bonds. The Kier molecular flexibility index (Phi) is 4.04. The van der Waals surface area contributed by atoms with Gasteiger partial charge in [0, 0.05) is 12.8 Å². The van der Waals surface area contributed by atoms with Crippen LogP contribution in [0, 0.1) is 5.92 Å². The van der Waals surface area contributed by atoms with Gasteiger partial charge in [0.1, 0.15) is 0 Å². The van der Waals surface area contributed by atoms with Crippen LogP contribution in [0.4, 0.5) is 10.8 Å². The average Bonchev–Trinajstić information content (AvgIpc) is 2.69. The average molecular weight is 265 g/mol. The zero-order valence-corrected chi connectivity index (χ0v) is 11.8. The Morgan fingerprint density at radius 1 is 1.44 bits per heavy atom. The highest BCUT2D eigenvalue weighted by Crippen LogP contribution is 2.28. The van der Waals surface area contributed by atoms with E-state index in [1.807, 2.05) is 18.2 Å². The monoisotopic (exact) mass is 265 g/mol. The highest BCUT2D eigenvalue weighted by molar-refractivity contribution is 7.22. The SMILES string of the molecule is COCC(Nc1nc2ccc(N)cc2s1)C(C)C. The summed E-state index contributed by atoms with van der Waals surface area (Å²) in [4.78, 5) is 4.55. The number of aromatic nitrogens is 1. The Hall–Kier alpha value is -1.33. The van der Waals surface area contributed by atoms with Crippen LogP contribution >= 0.6 is 11.3 Å². The summed E-state index contributed by atoms with van der Waals surface area (Å²) in [7, 11) is 1.72. The van der Waals surface area contributed by atoms with Crippen molar-refractivity contribution in [2.45, 2.75) is 19.9 Å². The van der Waals surface area contributed by atoms with Crippen LogP contribution in [0.1, 0.15) is 13.8 Å². The van der Waals surface area contributed by atoms with Crippen LogP contribution in [0.25, 0.3) is 10.2 Å². The number of nitrogens with zero attached hydrogens (tertiary/aromatic N) is 1. The molecule has 0 fully saturated rings. The molecule has 3 N–H and O–H groups in total. The normalized spacial score (nSPS) is 13.1. The molecular formula is C13H19N3OS. The second kappa shape index (κ2) is 5.54. The maximum Gasteiger partial charge on any atom is 0.184 e. The van der Waals surface area contributed by atoms with E-state index in [9.17, 15) is 0 Å². The minimum Gasteiger partial charge on any atom is -0.399 e. The maximum absolute atomic E-state index is 5.77. The molecule has 1 aromatic carbocycles. The molecule has 1 heterocycles. The second-order valence-electron chi connectivity index (χ2n) is 4.70. The number of thiazole rings is 1. The van der Waals surface area contributed by atoms with Crippen LogP contribution in [0.5, 0.6) is 0 Å². The first kappa shape index (κ1) is 13.1. The van der Waals surface area contributed by atoms with E-state index in [-0.39, 0.29) is 6.04 Å². The van der Waals surface area contributed by atoms with Crippen LogP contribution < -0.4 is 11.1 Å². The Balaban J connectivity index is 2.20. The number of ether oxygens (including phenoxy) is 1. The summed E-state index contributed by atoms with van der Waals surface area (Å²) in [6.07, 6.45) is 0. The lowest BCUT2D eigenvalue weighted by Crippen LogP contribution is -2.30. The number of nitrogens with two attached hydrogens (primary N) is 1. The first-order valence-corrected chi connectivity index (χ1v) is 6.83. The predicted octanol–water partition coefficient (Wildman–Crippen LogP) is 2.96. The third kappa shape index (κ3) is 2.91. The first-order valence-electron chi connectivity index (χ1n) is 6.01. The number of rotatable bonds is 5. The molecule has 0 spiro atoms. The lowest BCUT2D eigenvalue weighted by Gasteiger charge is -2.20. The second-order valence-corrected chi connectivity index (χ2v) is 5.73. The van der Waals surface area contributed by atoms with Crippen molar-refractivity contribution < 1.29 is 4.74 Å². The van der Waals surface area contributed by atoms with Gasteiger partial charge in [-0.15, -0.1) is 0 Å². The van der Waals surface area contributed by atoms with Gasteiger partial charge in [-0.2, -0.15) is 0 Å². The Labute approximate surface area is 111 Å². The number of hydrogen-bond donors (Lipinski definition) is 2.